The molecule has 102 valence electrons. The van der Waals surface area contributed by atoms with Crippen LogP contribution in [0.4, 0.5) is 5.00 Å². The largest absolute Gasteiger partial charge is 0.362 e. The van der Waals surface area contributed by atoms with Crippen LogP contribution in [0.3, 0.4) is 0 Å². The summed E-state index contributed by atoms with van der Waals surface area (Å²) in [6.07, 6.45) is 1.01. The summed E-state index contributed by atoms with van der Waals surface area (Å²) in [6.45, 7) is 11.1. The van der Waals surface area contributed by atoms with Crippen LogP contribution in [-0.2, 0) is 13.0 Å². The molecule has 3 nitrogen and oxygen atoms in total. The molecular weight excluding hydrogens is 254 g/mol. The lowest BCUT2D eigenvalue weighted by molar-refractivity contribution is 0.196. The Hall–Kier alpha value is -1.05. The maximum atomic E-state index is 9.47. The van der Waals surface area contributed by atoms with Gasteiger partial charge in [0.25, 0.3) is 0 Å². The molecule has 0 bridgehead atoms. The molecule has 0 unspecified atom stereocenters. The first kappa shape index (κ1) is 13.0. The van der Waals surface area contributed by atoms with Crippen LogP contribution >= 0.6 is 11.3 Å². The van der Waals surface area contributed by atoms with E-state index in [0.29, 0.717) is 5.41 Å². The van der Waals surface area contributed by atoms with Crippen LogP contribution in [0.5, 0.6) is 0 Å². The molecule has 0 aliphatic carbocycles. The van der Waals surface area contributed by atoms with E-state index in [4.69, 9.17) is 0 Å². The molecular formula is C15H21N3S. The van der Waals surface area contributed by atoms with Crippen molar-refractivity contribution in [1.82, 2.24) is 5.32 Å². The molecule has 0 aromatic carbocycles. The standard InChI is InChI=1S/C15H21N3S/c1-15(2,3)10-8-18(9-10)14-12(6-16)11-4-5-17-7-13(11)19-14/h10,17H,4-5,7-9H2,1-3H3. The highest BCUT2D eigenvalue weighted by Crippen LogP contribution is 2.43. The third-order valence-corrected chi connectivity index (χ3v) is 5.71. The van der Waals surface area contributed by atoms with E-state index in [1.54, 1.807) is 0 Å². The van der Waals surface area contributed by atoms with Gasteiger partial charge in [0, 0.05) is 24.5 Å². The zero-order valence-corrected chi connectivity index (χ0v) is 12.7. The fourth-order valence-electron chi connectivity index (χ4n) is 2.85. The molecule has 2 aliphatic heterocycles. The Labute approximate surface area is 119 Å². The Morgan fingerprint density at radius 3 is 2.74 bits per heavy atom. The molecule has 19 heavy (non-hydrogen) atoms. The Morgan fingerprint density at radius 2 is 2.11 bits per heavy atom. The number of fused-ring (bicyclic) bond motifs is 1. The van der Waals surface area contributed by atoms with Crippen molar-refractivity contribution >= 4 is 16.3 Å². The molecule has 0 atom stereocenters. The van der Waals surface area contributed by atoms with Crippen LogP contribution in [0.15, 0.2) is 0 Å². The van der Waals surface area contributed by atoms with Crippen molar-refractivity contribution in [3.63, 3.8) is 0 Å². The molecule has 0 radical (unpaired) electrons. The van der Waals surface area contributed by atoms with E-state index in [9.17, 15) is 5.26 Å². The Kier molecular flexibility index (Phi) is 3.07. The van der Waals surface area contributed by atoms with Gasteiger partial charge in [0.15, 0.2) is 0 Å². The number of rotatable bonds is 1. The second kappa shape index (κ2) is 4.50. The van der Waals surface area contributed by atoms with Crippen LogP contribution in [0.2, 0.25) is 0 Å². The van der Waals surface area contributed by atoms with Crippen LogP contribution in [-0.4, -0.2) is 19.6 Å². The molecule has 1 aromatic heterocycles. The van der Waals surface area contributed by atoms with Crippen LogP contribution in [0.25, 0.3) is 0 Å². The van der Waals surface area contributed by atoms with E-state index in [1.807, 2.05) is 11.3 Å². The maximum Gasteiger partial charge on any atom is 0.110 e. The summed E-state index contributed by atoms with van der Waals surface area (Å²) in [7, 11) is 0. The molecule has 0 spiro atoms. The first-order valence-corrected chi connectivity index (χ1v) is 7.82. The van der Waals surface area contributed by atoms with E-state index >= 15 is 0 Å². The Morgan fingerprint density at radius 1 is 1.37 bits per heavy atom. The zero-order chi connectivity index (χ0) is 13.6. The Balaban J connectivity index is 1.84. The van der Waals surface area contributed by atoms with Crippen molar-refractivity contribution < 1.29 is 0 Å². The van der Waals surface area contributed by atoms with Crippen LogP contribution in [0, 0.1) is 22.7 Å². The number of nitrogens with zero attached hydrogens (tertiary/aromatic N) is 2. The van der Waals surface area contributed by atoms with Gasteiger partial charge in [0.05, 0.1) is 5.56 Å². The van der Waals surface area contributed by atoms with Gasteiger partial charge in [-0.2, -0.15) is 5.26 Å². The van der Waals surface area contributed by atoms with Gasteiger partial charge in [0.2, 0.25) is 0 Å². The maximum absolute atomic E-state index is 9.47. The van der Waals surface area contributed by atoms with E-state index in [0.717, 1.165) is 44.1 Å². The van der Waals surface area contributed by atoms with Crippen molar-refractivity contribution in [1.29, 1.82) is 5.26 Å². The monoisotopic (exact) mass is 275 g/mol. The zero-order valence-electron chi connectivity index (χ0n) is 11.9. The fraction of sp³-hybridized carbons (Fsp3) is 0.667. The number of hydrogen-bond acceptors (Lipinski definition) is 4. The number of nitrogens with one attached hydrogen (secondary N) is 1. The fourth-order valence-corrected chi connectivity index (χ4v) is 4.13. The lowest BCUT2D eigenvalue weighted by atomic mass is 9.76. The summed E-state index contributed by atoms with van der Waals surface area (Å²) in [5.74, 6) is 0.747. The van der Waals surface area contributed by atoms with Crippen molar-refractivity contribution in [3.05, 3.63) is 16.0 Å². The van der Waals surface area contributed by atoms with Crippen LogP contribution < -0.4 is 10.2 Å². The quantitative estimate of drug-likeness (QED) is 0.856. The summed E-state index contributed by atoms with van der Waals surface area (Å²) in [5, 5.41) is 14.1. The van der Waals surface area contributed by atoms with Crippen molar-refractivity contribution in [2.24, 2.45) is 11.3 Å². The van der Waals surface area contributed by atoms with E-state index in [1.165, 1.54) is 15.4 Å². The minimum atomic E-state index is 0.377. The van der Waals surface area contributed by atoms with Gasteiger partial charge in [-0.3, -0.25) is 0 Å². The Bertz CT molecular complexity index is 527. The highest BCUT2D eigenvalue weighted by atomic mass is 32.1. The predicted molar refractivity (Wildman–Crippen MR) is 79.6 cm³/mol. The second-order valence-electron chi connectivity index (χ2n) is 6.69. The minimum Gasteiger partial charge on any atom is -0.362 e. The van der Waals surface area contributed by atoms with Gasteiger partial charge >= 0.3 is 0 Å². The molecule has 3 rings (SSSR count). The average molecular weight is 275 g/mol. The van der Waals surface area contributed by atoms with Gasteiger partial charge in [-0.25, -0.2) is 0 Å². The average Bonchev–Trinajstić information content (AvgIpc) is 2.63. The van der Waals surface area contributed by atoms with Crippen molar-refractivity contribution in [2.75, 3.05) is 24.5 Å². The number of anilines is 1. The molecule has 1 N–H and O–H groups in total. The van der Waals surface area contributed by atoms with Gasteiger partial charge in [-0.1, -0.05) is 20.8 Å². The summed E-state index contributed by atoms with van der Waals surface area (Å²) in [4.78, 5) is 3.77. The highest BCUT2D eigenvalue weighted by Gasteiger charge is 2.38. The summed E-state index contributed by atoms with van der Waals surface area (Å²) >= 11 is 1.82. The second-order valence-corrected chi connectivity index (χ2v) is 7.77. The molecule has 0 amide bonds. The molecule has 3 heterocycles. The van der Waals surface area contributed by atoms with Crippen LogP contribution in [0.1, 0.15) is 36.8 Å². The van der Waals surface area contributed by atoms with E-state index in [2.05, 4.69) is 37.1 Å². The number of nitriles is 1. The smallest absolute Gasteiger partial charge is 0.110 e. The van der Waals surface area contributed by atoms with Gasteiger partial charge < -0.3 is 10.2 Å². The third kappa shape index (κ3) is 2.15. The molecule has 0 saturated carbocycles. The lowest BCUT2D eigenvalue weighted by Crippen LogP contribution is -2.52. The number of thiophene rings is 1. The molecule has 1 fully saturated rings. The normalized spacial score (nSPS) is 19.8. The minimum absolute atomic E-state index is 0.377. The molecule has 2 aliphatic rings. The van der Waals surface area contributed by atoms with Gasteiger partial charge in [0.1, 0.15) is 11.1 Å². The van der Waals surface area contributed by atoms with E-state index in [-0.39, 0.29) is 0 Å². The summed E-state index contributed by atoms with van der Waals surface area (Å²) in [6, 6.07) is 2.45. The summed E-state index contributed by atoms with van der Waals surface area (Å²) < 4.78 is 0. The summed E-state index contributed by atoms with van der Waals surface area (Å²) in [5.41, 5.74) is 2.64. The topological polar surface area (TPSA) is 39.1 Å². The van der Waals surface area contributed by atoms with Crippen molar-refractivity contribution in [2.45, 2.75) is 33.7 Å². The number of hydrogen-bond donors (Lipinski definition) is 1. The molecule has 1 saturated heterocycles. The first-order valence-electron chi connectivity index (χ1n) is 7.01. The van der Waals surface area contributed by atoms with Gasteiger partial charge in [-0.15, -0.1) is 11.3 Å². The first-order chi connectivity index (χ1) is 9.00. The van der Waals surface area contributed by atoms with Gasteiger partial charge in [-0.05, 0) is 29.9 Å². The van der Waals surface area contributed by atoms with E-state index < -0.39 is 0 Å². The molecule has 4 heteroatoms. The lowest BCUT2D eigenvalue weighted by Gasteiger charge is -2.47. The molecule has 1 aromatic rings. The SMILES string of the molecule is CC(C)(C)C1CN(c2sc3c(c2C#N)CCNC3)C1. The highest BCUT2D eigenvalue weighted by molar-refractivity contribution is 7.16. The third-order valence-electron chi connectivity index (χ3n) is 4.41. The predicted octanol–water partition coefficient (Wildman–Crippen LogP) is 2.75. The van der Waals surface area contributed by atoms with Crippen molar-refractivity contribution in [3.8, 4) is 6.07 Å².